The monoisotopic (exact) mass is 304 g/mol. The molecule has 2 atom stereocenters. The lowest BCUT2D eigenvalue weighted by Crippen LogP contribution is -2.55. The molecule has 122 valence electrons. The lowest BCUT2D eigenvalue weighted by Gasteiger charge is -2.35. The average molecular weight is 304 g/mol. The zero-order chi connectivity index (χ0) is 16.4. The molecule has 4 nitrogen and oxygen atoms in total. The van der Waals surface area contributed by atoms with Gasteiger partial charge in [0.15, 0.2) is 0 Å². The van der Waals surface area contributed by atoms with Gasteiger partial charge in [0.05, 0.1) is 18.2 Å². The van der Waals surface area contributed by atoms with E-state index in [0.29, 0.717) is 5.92 Å². The fraction of sp³-hybridized carbons (Fsp3) is 0.611. The third kappa shape index (κ3) is 4.01. The van der Waals surface area contributed by atoms with Crippen LogP contribution in [0, 0.1) is 11.3 Å². The van der Waals surface area contributed by atoms with Gasteiger partial charge in [0.1, 0.15) is 0 Å². The topological polar surface area (TPSA) is 61.4 Å². The van der Waals surface area contributed by atoms with Crippen LogP contribution in [-0.4, -0.2) is 23.3 Å². The van der Waals surface area contributed by atoms with Crippen molar-refractivity contribution in [2.45, 2.75) is 52.1 Å². The summed E-state index contributed by atoms with van der Waals surface area (Å²) in [6, 6.07) is 9.69. The van der Waals surface area contributed by atoms with E-state index in [9.17, 15) is 9.90 Å². The predicted octanol–water partition coefficient (Wildman–Crippen LogP) is 3.23. The molecule has 2 amide bonds. The highest BCUT2D eigenvalue weighted by atomic mass is 16.3. The predicted molar refractivity (Wildman–Crippen MR) is 88.5 cm³/mol. The summed E-state index contributed by atoms with van der Waals surface area (Å²) < 4.78 is 0. The lowest BCUT2D eigenvalue weighted by molar-refractivity contribution is 0.150. The molecule has 1 saturated carbocycles. The minimum absolute atomic E-state index is 0.0311. The molecule has 3 N–H and O–H groups in total. The fourth-order valence-corrected chi connectivity index (χ4v) is 2.86. The smallest absolute Gasteiger partial charge is 0.315 e. The second kappa shape index (κ2) is 6.29. The molecular formula is C18H28N2O2. The van der Waals surface area contributed by atoms with E-state index in [2.05, 4.69) is 31.4 Å². The molecule has 1 aromatic carbocycles. The summed E-state index contributed by atoms with van der Waals surface area (Å²) >= 11 is 0. The van der Waals surface area contributed by atoms with Crippen LogP contribution in [-0.2, 0) is 0 Å². The summed E-state index contributed by atoms with van der Waals surface area (Å²) in [5.74, 6) is 0.382. The number of hydrogen-bond acceptors (Lipinski definition) is 2. The van der Waals surface area contributed by atoms with Crippen LogP contribution < -0.4 is 10.6 Å². The van der Waals surface area contributed by atoms with Crippen molar-refractivity contribution in [1.29, 1.82) is 0 Å². The largest absolute Gasteiger partial charge is 0.394 e. The molecule has 1 fully saturated rings. The van der Waals surface area contributed by atoms with Crippen molar-refractivity contribution in [2.75, 3.05) is 6.61 Å². The minimum Gasteiger partial charge on any atom is -0.394 e. The molecule has 1 aliphatic rings. The van der Waals surface area contributed by atoms with Gasteiger partial charge in [-0.05, 0) is 36.7 Å². The minimum atomic E-state index is -0.525. The Labute approximate surface area is 133 Å². The van der Waals surface area contributed by atoms with E-state index in [-0.39, 0.29) is 24.1 Å². The maximum atomic E-state index is 12.4. The molecule has 0 bridgehead atoms. The summed E-state index contributed by atoms with van der Waals surface area (Å²) in [6.07, 6.45) is 2.14. The van der Waals surface area contributed by atoms with E-state index in [1.165, 1.54) is 0 Å². The van der Waals surface area contributed by atoms with Crippen molar-refractivity contribution in [3.05, 3.63) is 35.9 Å². The molecule has 4 heteroatoms. The second-order valence-electron chi connectivity index (χ2n) is 7.66. The number of aliphatic hydroxyl groups excluding tert-OH is 1. The molecule has 1 aliphatic carbocycles. The highest BCUT2D eigenvalue weighted by molar-refractivity contribution is 5.75. The first-order valence-corrected chi connectivity index (χ1v) is 8.01. The Bertz CT molecular complexity index is 506. The van der Waals surface area contributed by atoms with Gasteiger partial charge in [-0.3, -0.25) is 0 Å². The molecule has 2 unspecified atom stereocenters. The van der Waals surface area contributed by atoms with E-state index >= 15 is 0 Å². The van der Waals surface area contributed by atoms with E-state index in [4.69, 9.17) is 0 Å². The molecule has 0 heterocycles. The standard InChI is InChI=1S/C18H28N2O2/c1-17(2,3)15(13-8-6-5-7-9-13)19-16(22)20-18(4,12-21)14-10-11-14/h5-9,14-15,21H,10-12H2,1-4H3,(H2,19,20,22). The van der Waals surface area contributed by atoms with Gasteiger partial charge in [-0.15, -0.1) is 0 Å². The van der Waals surface area contributed by atoms with Crippen LogP contribution in [0.4, 0.5) is 4.79 Å². The molecular weight excluding hydrogens is 276 g/mol. The number of aliphatic hydroxyl groups is 1. The zero-order valence-corrected chi connectivity index (χ0v) is 14.0. The number of nitrogens with one attached hydrogen (secondary N) is 2. The first kappa shape index (κ1) is 16.8. The van der Waals surface area contributed by atoms with E-state index < -0.39 is 5.54 Å². The molecule has 1 aromatic rings. The quantitative estimate of drug-likeness (QED) is 0.782. The van der Waals surface area contributed by atoms with E-state index in [1.54, 1.807) is 0 Å². The maximum Gasteiger partial charge on any atom is 0.315 e. The summed E-state index contributed by atoms with van der Waals surface area (Å²) in [5, 5.41) is 15.7. The van der Waals surface area contributed by atoms with Crippen LogP contribution >= 0.6 is 0 Å². The lowest BCUT2D eigenvalue weighted by atomic mass is 9.82. The Hall–Kier alpha value is -1.55. The fourth-order valence-electron chi connectivity index (χ4n) is 2.86. The number of carbonyl (C=O) groups excluding carboxylic acids is 1. The zero-order valence-electron chi connectivity index (χ0n) is 14.0. The normalized spacial score (nSPS) is 19.1. The van der Waals surface area contributed by atoms with Crippen LogP contribution in [0.25, 0.3) is 0 Å². The highest BCUT2D eigenvalue weighted by Crippen LogP contribution is 2.39. The van der Waals surface area contributed by atoms with Gasteiger partial charge in [-0.25, -0.2) is 4.79 Å². The van der Waals surface area contributed by atoms with Gasteiger partial charge in [0, 0.05) is 0 Å². The maximum absolute atomic E-state index is 12.4. The first-order chi connectivity index (χ1) is 10.3. The molecule has 0 saturated heterocycles. The third-order valence-electron chi connectivity index (χ3n) is 4.48. The van der Waals surface area contributed by atoms with Crippen LogP contribution in [0.5, 0.6) is 0 Å². The second-order valence-corrected chi connectivity index (χ2v) is 7.66. The Balaban J connectivity index is 2.09. The third-order valence-corrected chi connectivity index (χ3v) is 4.48. The number of rotatable bonds is 5. The Morgan fingerprint density at radius 2 is 1.82 bits per heavy atom. The molecule has 0 spiro atoms. The molecule has 2 rings (SSSR count). The van der Waals surface area contributed by atoms with Crippen molar-refractivity contribution in [3.8, 4) is 0 Å². The van der Waals surface area contributed by atoms with Gasteiger partial charge in [0.25, 0.3) is 0 Å². The number of benzene rings is 1. The van der Waals surface area contributed by atoms with E-state index in [1.807, 2.05) is 37.3 Å². The summed E-state index contributed by atoms with van der Waals surface area (Å²) in [6.45, 7) is 8.21. The molecule has 0 aliphatic heterocycles. The Morgan fingerprint density at radius 1 is 1.23 bits per heavy atom. The molecule has 0 aromatic heterocycles. The SMILES string of the molecule is CC(C)(C)C(NC(=O)NC(C)(CO)C1CC1)c1ccccc1. The number of urea groups is 1. The number of amides is 2. The Kier molecular flexibility index (Phi) is 4.81. The van der Waals surface area contributed by atoms with Gasteiger partial charge >= 0.3 is 6.03 Å². The van der Waals surface area contributed by atoms with E-state index in [0.717, 1.165) is 18.4 Å². The van der Waals surface area contributed by atoms with Gasteiger partial charge in [-0.2, -0.15) is 0 Å². The molecule has 22 heavy (non-hydrogen) atoms. The van der Waals surface area contributed by atoms with Crippen molar-refractivity contribution < 1.29 is 9.90 Å². The van der Waals surface area contributed by atoms with Gasteiger partial charge in [0.2, 0.25) is 0 Å². The first-order valence-electron chi connectivity index (χ1n) is 8.01. The highest BCUT2D eigenvalue weighted by Gasteiger charge is 2.42. The van der Waals surface area contributed by atoms with Crippen molar-refractivity contribution in [2.24, 2.45) is 11.3 Å². The van der Waals surface area contributed by atoms with Crippen molar-refractivity contribution in [3.63, 3.8) is 0 Å². The number of carbonyl (C=O) groups is 1. The van der Waals surface area contributed by atoms with Crippen LogP contribution in [0.1, 0.15) is 52.1 Å². The van der Waals surface area contributed by atoms with Gasteiger partial charge in [-0.1, -0.05) is 51.1 Å². The van der Waals surface area contributed by atoms with Crippen LogP contribution in [0.2, 0.25) is 0 Å². The molecule has 0 radical (unpaired) electrons. The van der Waals surface area contributed by atoms with Crippen LogP contribution in [0.3, 0.4) is 0 Å². The van der Waals surface area contributed by atoms with Crippen molar-refractivity contribution >= 4 is 6.03 Å². The number of hydrogen-bond donors (Lipinski definition) is 3. The Morgan fingerprint density at radius 3 is 2.27 bits per heavy atom. The summed E-state index contributed by atoms with van der Waals surface area (Å²) in [5.41, 5.74) is 0.458. The van der Waals surface area contributed by atoms with Crippen LogP contribution in [0.15, 0.2) is 30.3 Å². The van der Waals surface area contributed by atoms with Gasteiger partial charge < -0.3 is 15.7 Å². The summed E-state index contributed by atoms with van der Waals surface area (Å²) in [7, 11) is 0. The summed E-state index contributed by atoms with van der Waals surface area (Å²) in [4.78, 5) is 12.4. The van der Waals surface area contributed by atoms with Crippen molar-refractivity contribution in [1.82, 2.24) is 10.6 Å². The average Bonchev–Trinajstić information content (AvgIpc) is 3.29.